The van der Waals surface area contributed by atoms with E-state index in [1.165, 1.54) is 6.07 Å². The fourth-order valence-corrected chi connectivity index (χ4v) is 3.71. The summed E-state index contributed by atoms with van der Waals surface area (Å²) in [7, 11) is 0. The molecule has 0 radical (unpaired) electrons. The van der Waals surface area contributed by atoms with Crippen molar-refractivity contribution < 1.29 is 9.13 Å². The Hall–Kier alpha value is -0.870. The van der Waals surface area contributed by atoms with Crippen LogP contribution in [0.1, 0.15) is 22.9 Å². The van der Waals surface area contributed by atoms with Gasteiger partial charge in [-0.05, 0) is 48.7 Å². The summed E-state index contributed by atoms with van der Waals surface area (Å²) in [5.41, 5.74) is 2.09. The maximum Gasteiger partial charge on any atom is 0.123 e. The molecule has 1 nitrogen and oxygen atoms in total. The van der Waals surface area contributed by atoms with E-state index in [2.05, 4.69) is 31.9 Å². The minimum absolute atomic E-state index is 0.120. The van der Waals surface area contributed by atoms with Crippen molar-refractivity contribution in [1.29, 1.82) is 0 Å². The largest absolute Gasteiger partial charge is 0.494 e. The fourth-order valence-electron chi connectivity index (χ4n) is 2.00. The second kappa shape index (κ2) is 7.23. The summed E-state index contributed by atoms with van der Waals surface area (Å²) in [5, 5.41) is 0. The second-order valence-corrected chi connectivity index (χ2v) is 6.38. The van der Waals surface area contributed by atoms with Gasteiger partial charge < -0.3 is 4.74 Å². The molecule has 0 N–H and O–H groups in total. The third-order valence-corrected chi connectivity index (χ3v) is 4.43. The number of hydrogen-bond acceptors (Lipinski definition) is 1. The van der Waals surface area contributed by atoms with E-state index in [9.17, 15) is 4.39 Å². The first-order valence-corrected chi connectivity index (χ1v) is 8.11. The molecule has 20 heavy (non-hydrogen) atoms. The van der Waals surface area contributed by atoms with E-state index in [-0.39, 0.29) is 10.6 Å². The van der Waals surface area contributed by atoms with Crippen LogP contribution in [-0.4, -0.2) is 6.61 Å². The van der Waals surface area contributed by atoms with E-state index in [4.69, 9.17) is 4.74 Å². The van der Waals surface area contributed by atoms with Crippen molar-refractivity contribution in [2.45, 2.75) is 18.2 Å². The predicted molar refractivity (Wildman–Crippen MR) is 87.1 cm³/mol. The molecule has 1 unspecified atom stereocenters. The molecule has 0 bridgehead atoms. The van der Waals surface area contributed by atoms with Crippen molar-refractivity contribution >= 4 is 31.9 Å². The highest BCUT2D eigenvalue weighted by Crippen LogP contribution is 2.34. The number of benzene rings is 2. The fraction of sp³-hybridized carbons (Fsp3) is 0.250. The van der Waals surface area contributed by atoms with Crippen molar-refractivity contribution in [3.05, 3.63) is 63.9 Å². The maximum atomic E-state index is 13.2. The van der Waals surface area contributed by atoms with Crippen LogP contribution in [0.2, 0.25) is 0 Å². The van der Waals surface area contributed by atoms with E-state index in [1.807, 2.05) is 31.2 Å². The second-order valence-electron chi connectivity index (χ2n) is 4.42. The zero-order chi connectivity index (χ0) is 14.5. The van der Waals surface area contributed by atoms with Gasteiger partial charge in [0.2, 0.25) is 0 Å². The Labute approximate surface area is 135 Å². The molecule has 0 amide bonds. The van der Waals surface area contributed by atoms with Crippen molar-refractivity contribution in [1.82, 2.24) is 0 Å². The van der Waals surface area contributed by atoms with Gasteiger partial charge in [-0.2, -0.15) is 0 Å². The normalized spacial score (nSPS) is 12.2. The van der Waals surface area contributed by atoms with Gasteiger partial charge >= 0.3 is 0 Å². The predicted octanol–water partition coefficient (Wildman–Crippen LogP) is 5.67. The molecule has 0 heterocycles. The lowest BCUT2D eigenvalue weighted by Gasteiger charge is -2.14. The van der Waals surface area contributed by atoms with Gasteiger partial charge in [0.05, 0.1) is 6.61 Å². The highest BCUT2D eigenvalue weighted by atomic mass is 79.9. The maximum absolute atomic E-state index is 13.2. The van der Waals surface area contributed by atoms with Crippen molar-refractivity contribution in [3.63, 3.8) is 0 Å². The van der Waals surface area contributed by atoms with Crippen LogP contribution in [-0.2, 0) is 6.42 Å². The third kappa shape index (κ3) is 4.06. The summed E-state index contributed by atoms with van der Waals surface area (Å²) in [6, 6.07) is 12.6. The number of hydrogen-bond donors (Lipinski definition) is 0. The van der Waals surface area contributed by atoms with Gasteiger partial charge in [-0.25, -0.2) is 4.39 Å². The molecular weight excluding hydrogens is 387 g/mol. The van der Waals surface area contributed by atoms with Gasteiger partial charge in [0, 0.05) is 9.30 Å². The van der Waals surface area contributed by atoms with Crippen LogP contribution >= 0.6 is 31.9 Å². The Morgan fingerprint density at radius 1 is 1.20 bits per heavy atom. The van der Waals surface area contributed by atoms with Crippen LogP contribution in [0.25, 0.3) is 0 Å². The molecule has 1 atom stereocenters. The lowest BCUT2D eigenvalue weighted by atomic mass is 10.0. The molecule has 0 saturated heterocycles. The molecule has 2 aromatic rings. The average molecular weight is 402 g/mol. The summed E-state index contributed by atoms with van der Waals surface area (Å²) in [4.78, 5) is 0.120. The molecule has 0 saturated carbocycles. The van der Waals surface area contributed by atoms with E-state index < -0.39 is 0 Å². The Morgan fingerprint density at radius 2 is 2.00 bits per heavy atom. The summed E-state index contributed by atoms with van der Waals surface area (Å²) in [6.07, 6.45) is 0.727. The molecule has 106 valence electrons. The van der Waals surface area contributed by atoms with E-state index >= 15 is 0 Å². The number of rotatable bonds is 5. The molecule has 2 rings (SSSR count). The smallest absolute Gasteiger partial charge is 0.123 e. The molecule has 0 aromatic heterocycles. The van der Waals surface area contributed by atoms with Crippen LogP contribution in [0.3, 0.4) is 0 Å². The first-order chi connectivity index (χ1) is 9.60. The quantitative estimate of drug-likeness (QED) is 0.587. The van der Waals surface area contributed by atoms with E-state index in [0.29, 0.717) is 6.61 Å². The van der Waals surface area contributed by atoms with Crippen LogP contribution in [0.4, 0.5) is 4.39 Å². The number of alkyl halides is 1. The van der Waals surface area contributed by atoms with E-state index in [1.54, 1.807) is 12.1 Å². The minimum atomic E-state index is -0.201. The zero-order valence-corrected chi connectivity index (χ0v) is 14.2. The van der Waals surface area contributed by atoms with Crippen LogP contribution < -0.4 is 4.74 Å². The highest BCUT2D eigenvalue weighted by Gasteiger charge is 2.13. The molecule has 0 aliphatic carbocycles. The summed E-state index contributed by atoms with van der Waals surface area (Å²) in [5.74, 6) is 0.640. The SMILES string of the molecule is CCOc1ccc(C(Br)Cc2cccc(F)c2)c(Br)c1. The first kappa shape index (κ1) is 15.5. The van der Waals surface area contributed by atoms with Gasteiger partial charge in [0.15, 0.2) is 0 Å². The molecule has 4 heteroatoms. The topological polar surface area (TPSA) is 9.23 Å². The Bertz CT molecular complexity index is 586. The van der Waals surface area contributed by atoms with Gasteiger partial charge in [-0.1, -0.05) is 50.1 Å². The molecule has 0 spiro atoms. The average Bonchev–Trinajstić information content (AvgIpc) is 2.39. The number of halogens is 3. The van der Waals surface area contributed by atoms with Crippen molar-refractivity contribution in [2.24, 2.45) is 0 Å². The lowest BCUT2D eigenvalue weighted by Crippen LogP contribution is -1.98. The van der Waals surface area contributed by atoms with Gasteiger partial charge in [0.25, 0.3) is 0 Å². The Morgan fingerprint density at radius 3 is 2.65 bits per heavy atom. The Kier molecular flexibility index (Phi) is 5.61. The Balaban J connectivity index is 2.14. The molecule has 2 aromatic carbocycles. The summed E-state index contributed by atoms with van der Waals surface area (Å²) < 4.78 is 19.6. The monoisotopic (exact) mass is 400 g/mol. The summed E-state index contributed by atoms with van der Waals surface area (Å²) >= 11 is 7.23. The van der Waals surface area contributed by atoms with E-state index in [0.717, 1.165) is 27.8 Å². The first-order valence-electron chi connectivity index (χ1n) is 6.41. The standard InChI is InChI=1S/C16H15Br2FO/c1-2-20-13-6-7-14(16(18)10-13)15(17)9-11-4-3-5-12(19)8-11/h3-8,10,15H,2,9H2,1H3. The third-order valence-electron chi connectivity index (χ3n) is 2.92. The molecule has 0 fully saturated rings. The zero-order valence-electron chi connectivity index (χ0n) is 11.1. The highest BCUT2D eigenvalue weighted by molar-refractivity contribution is 9.11. The summed E-state index contributed by atoms with van der Waals surface area (Å²) in [6.45, 7) is 2.60. The lowest BCUT2D eigenvalue weighted by molar-refractivity contribution is 0.340. The van der Waals surface area contributed by atoms with Crippen molar-refractivity contribution in [2.75, 3.05) is 6.61 Å². The van der Waals surface area contributed by atoms with Crippen LogP contribution in [0.15, 0.2) is 46.9 Å². The molecule has 0 aliphatic heterocycles. The van der Waals surface area contributed by atoms with Gasteiger partial charge in [-0.3, -0.25) is 0 Å². The molecular formula is C16H15Br2FO. The molecule has 0 aliphatic rings. The minimum Gasteiger partial charge on any atom is -0.494 e. The number of ether oxygens (including phenoxy) is 1. The van der Waals surface area contributed by atoms with Crippen LogP contribution in [0, 0.1) is 5.82 Å². The van der Waals surface area contributed by atoms with Crippen molar-refractivity contribution in [3.8, 4) is 5.75 Å². The van der Waals surface area contributed by atoms with Crippen LogP contribution in [0.5, 0.6) is 5.75 Å². The van der Waals surface area contributed by atoms with Gasteiger partial charge in [0.1, 0.15) is 11.6 Å². The van der Waals surface area contributed by atoms with Gasteiger partial charge in [-0.15, -0.1) is 0 Å².